The molecule has 142 valence electrons. The van der Waals surface area contributed by atoms with Crippen molar-refractivity contribution < 1.29 is 9.59 Å². The molecule has 3 rings (SSSR count). The molecule has 0 heterocycles. The molecule has 0 spiro atoms. The second-order valence-corrected chi connectivity index (χ2v) is 6.80. The van der Waals surface area contributed by atoms with E-state index >= 15 is 0 Å². The van der Waals surface area contributed by atoms with Gasteiger partial charge in [0.05, 0.1) is 0 Å². The molecule has 2 amide bonds. The first kappa shape index (κ1) is 19.2. The number of hydrogen-bond acceptors (Lipinski definition) is 3. The van der Waals surface area contributed by atoms with Crippen LogP contribution in [0.3, 0.4) is 0 Å². The molecule has 0 saturated heterocycles. The molecule has 3 aromatic rings. The van der Waals surface area contributed by atoms with Gasteiger partial charge in [-0.1, -0.05) is 36.4 Å². The van der Waals surface area contributed by atoms with Crippen LogP contribution < -0.4 is 16.4 Å². The molecule has 0 unspecified atom stereocenters. The molecule has 5 nitrogen and oxygen atoms in total. The number of rotatable bonds is 6. The molecule has 4 N–H and O–H groups in total. The van der Waals surface area contributed by atoms with Gasteiger partial charge in [0.2, 0.25) is 5.91 Å². The van der Waals surface area contributed by atoms with E-state index in [0.717, 1.165) is 28.1 Å². The number of aryl methyl sites for hydroxylation is 2. The van der Waals surface area contributed by atoms with Crippen LogP contribution in [0.15, 0.2) is 72.8 Å². The Morgan fingerprint density at radius 2 is 1.43 bits per heavy atom. The third-order valence-corrected chi connectivity index (χ3v) is 4.36. The largest absolute Gasteiger partial charge is 0.370 e. The minimum atomic E-state index is -0.596. The molecule has 0 aliphatic rings. The lowest BCUT2D eigenvalue weighted by molar-refractivity contribution is -0.117. The number of hydrogen-bond donors (Lipinski definition) is 3. The fourth-order valence-electron chi connectivity index (χ4n) is 3.10. The number of nitrogens with one attached hydrogen (secondary N) is 2. The van der Waals surface area contributed by atoms with Gasteiger partial charge in [0, 0.05) is 16.9 Å². The van der Waals surface area contributed by atoms with Crippen molar-refractivity contribution in [1.29, 1.82) is 0 Å². The minimum absolute atomic E-state index is 0.171. The van der Waals surface area contributed by atoms with Crippen LogP contribution in [0.4, 0.5) is 11.4 Å². The van der Waals surface area contributed by atoms with Crippen LogP contribution in [0.5, 0.6) is 0 Å². The van der Waals surface area contributed by atoms with E-state index in [1.165, 1.54) is 0 Å². The third kappa shape index (κ3) is 4.76. The molecule has 0 aliphatic carbocycles. The van der Waals surface area contributed by atoms with Gasteiger partial charge in [-0.05, 0) is 66.9 Å². The Labute approximate surface area is 164 Å². The second kappa shape index (κ2) is 8.39. The molecular weight excluding hydrogens is 350 g/mol. The Morgan fingerprint density at radius 3 is 2.00 bits per heavy atom. The van der Waals surface area contributed by atoms with Crippen LogP contribution in [0.25, 0.3) is 0 Å². The predicted octanol–water partition coefficient (Wildman–Crippen LogP) is 4.19. The molecule has 3 aromatic carbocycles. The van der Waals surface area contributed by atoms with E-state index < -0.39 is 11.9 Å². The summed E-state index contributed by atoms with van der Waals surface area (Å²) in [5.74, 6) is -0.658. The van der Waals surface area contributed by atoms with Crippen molar-refractivity contribution in [2.45, 2.75) is 19.9 Å². The van der Waals surface area contributed by atoms with Crippen molar-refractivity contribution in [2.24, 2.45) is 5.73 Å². The molecule has 0 saturated carbocycles. The summed E-state index contributed by atoms with van der Waals surface area (Å²) < 4.78 is 0. The van der Waals surface area contributed by atoms with Crippen LogP contribution in [0.1, 0.15) is 33.1 Å². The van der Waals surface area contributed by atoms with Crippen LogP contribution in [0, 0.1) is 13.8 Å². The Bertz CT molecular complexity index is 962. The first-order valence-electron chi connectivity index (χ1n) is 9.03. The molecular formula is C23H23N3O2. The Morgan fingerprint density at radius 1 is 0.821 bits per heavy atom. The number of carbonyl (C=O) groups is 2. The maximum atomic E-state index is 13.1. The van der Waals surface area contributed by atoms with Crippen LogP contribution >= 0.6 is 0 Å². The highest BCUT2D eigenvalue weighted by Gasteiger charge is 2.21. The Hall–Kier alpha value is -3.60. The van der Waals surface area contributed by atoms with Crippen molar-refractivity contribution in [3.05, 3.63) is 95.1 Å². The van der Waals surface area contributed by atoms with E-state index in [-0.39, 0.29) is 5.91 Å². The number of benzene rings is 3. The predicted molar refractivity (Wildman–Crippen MR) is 112 cm³/mol. The van der Waals surface area contributed by atoms with Crippen molar-refractivity contribution in [2.75, 3.05) is 10.6 Å². The van der Waals surface area contributed by atoms with Crippen molar-refractivity contribution >= 4 is 23.2 Å². The monoisotopic (exact) mass is 373 g/mol. The second-order valence-electron chi connectivity index (χ2n) is 6.80. The zero-order valence-corrected chi connectivity index (χ0v) is 15.9. The highest BCUT2D eigenvalue weighted by Crippen LogP contribution is 2.23. The maximum absolute atomic E-state index is 13.1. The summed E-state index contributed by atoms with van der Waals surface area (Å²) in [6, 6.07) is 21.6. The Kier molecular flexibility index (Phi) is 5.75. The highest BCUT2D eigenvalue weighted by molar-refractivity contribution is 5.97. The average molecular weight is 373 g/mol. The third-order valence-electron chi connectivity index (χ3n) is 4.36. The quantitative estimate of drug-likeness (QED) is 0.606. The summed E-state index contributed by atoms with van der Waals surface area (Å²) in [5, 5.41) is 6.24. The SMILES string of the molecule is Cc1cc(C)cc(NC(=O)[C@H](Nc2ccc(C(N)=O)cc2)c2ccccc2)c1. The molecule has 0 bridgehead atoms. The topological polar surface area (TPSA) is 84.2 Å². The van der Waals surface area contributed by atoms with Crippen molar-refractivity contribution in [3.63, 3.8) is 0 Å². The van der Waals surface area contributed by atoms with Gasteiger partial charge in [-0.3, -0.25) is 9.59 Å². The van der Waals surface area contributed by atoms with E-state index in [0.29, 0.717) is 5.56 Å². The first-order chi connectivity index (χ1) is 13.4. The molecule has 0 aliphatic heterocycles. The number of primary amides is 1. The smallest absolute Gasteiger partial charge is 0.251 e. The summed E-state index contributed by atoms with van der Waals surface area (Å²) in [6.07, 6.45) is 0. The number of carbonyl (C=O) groups excluding carboxylic acids is 2. The number of nitrogens with two attached hydrogens (primary N) is 1. The molecule has 5 heteroatoms. The normalized spacial score (nSPS) is 11.5. The van der Waals surface area contributed by atoms with E-state index in [1.54, 1.807) is 24.3 Å². The standard InChI is InChI=1S/C23H23N3O2/c1-15-12-16(2)14-20(13-15)26-23(28)21(17-6-4-3-5-7-17)25-19-10-8-18(9-11-19)22(24)27/h3-14,21,25H,1-2H3,(H2,24,27)(H,26,28)/t21-/m1/s1. The van der Waals surface area contributed by atoms with Gasteiger partial charge in [0.1, 0.15) is 6.04 Å². The lowest BCUT2D eigenvalue weighted by atomic mass is 10.0. The first-order valence-corrected chi connectivity index (χ1v) is 9.03. The van der Waals surface area contributed by atoms with E-state index in [2.05, 4.69) is 16.7 Å². The lowest BCUT2D eigenvalue weighted by Gasteiger charge is -2.20. The average Bonchev–Trinajstić information content (AvgIpc) is 2.66. The van der Waals surface area contributed by atoms with Gasteiger partial charge in [-0.25, -0.2) is 0 Å². The van der Waals surface area contributed by atoms with Crippen LogP contribution in [-0.4, -0.2) is 11.8 Å². The molecule has 0 aromatic heterocycles. The number of anilines is 2. The van der Waals surface area contributed by atoms with E-state index in [9.17, 15) is 9.59 Å². The zero-order valence-electron chi connectivity index (χ0n) is 15.9. The summed E-state index contributed by atoms with van der Waals surface area (Å²) >= 11 is 0. The summed E-state index contributed by atoms with van der Waals surface area (Å²) in [4.78, 5) is 24.3. The van der Waals surface area contributed by atoms with Crippen LogP contribution in [-0.2, 0) is 4.79 Å². The summed E-state index contributed by atoms with van der Waals surface area (Å²) in [6.45, 7) is 3.99. The fraction of sp³-hybridized carbons (Fsp3) is 0.130. The highest BCUT2D eigenvalue weighted by atomic mass is 16.2. The fourth-order valence-corrected chi connectivity index (χ4v) is 3.10. The van der Waals surface area contributed by atoms with Gasteiger partial charge in [0.25, 0.3) is 5.91 Å². The van der Waals surface area contributed by atoms with E-state index in [1.807, 2.05) is 56.3 Å². The van der Waals surface area contributed by atoms with Crippen molar-refractivity contribution in [1.82, 2.24) is 0 Å². The molecule has 28 heavy (non-hydrogen) atoms. The van der Waals surface area contributed by atoms with Gasteiger partial charge >= 0.3 is 0 Å². The van der Waals surface area contributed by atoms with Crippen molar-refractivity contribution in [3.8, 4) is 0 Å². The van der Waals surface area contributed by atoms with Gasteiger partial charge in [0.15, 0.2) is 0 Å². The van der Waals surface area contributed by atoms with Crippen LogP contribution in [0.2, 0.25) is 0 Å². The van der Waals surface area contributed by atoms with Gasteiger partial charge in [-0.2, -0.15) is 0 Å². The molecule has 0 radical (unpaired) electrons. The molecule has 0 fully saturated rings. The zero-order chi connectivity index (χ0) is 20.1. The molecule has 1 atom stereocenters. The number of amides is 2. The van der Waals surface area contributed by atoms with E-state index in [4.69, 9.17) is 5.73 Å². The van der Waals surface area contributed by atoms with Gasteiger partial charge < -0.3 is 16.4 Å². The summed E-state index contributed by atoms with van der Waals surface area (Å²) in [7, 11) is 0. The maximum Gasteiger partial charge on any atom is 0.251 e. The van der Waals surface area contributed by atoms with Gasteiger partial charge in [-0.15, -0.1) is 0 Å². The summed E-state index contributed by atoms with van der Waals surface area (Å²) in [5.41, 5.74) is 10.2. The lowest BCUT2D eigenvalue weighted by Crippen LogP contribution is -2.27. The minimum Gasteiger partial charge on any atom is -0.370 e. The Balaban J connectivity index is 1.86.